The predicted molar refractivity (Wildman–Crippen MR) is 65.8 cm³/mol. The van der Waals surface area contributed by atoms with E-state index in [1.807, 2.05) is 19.1 Å². The van der Waals surface area contributed by atoms with Crippen molar-refractivity contribution in [2.75, 3.05) is 0 Å². The first-order chi connectivity index (χ1) is 9.08. The molecule has 0 aliphatic carbocycles. The van der Waals surface area contributed by atoms with Crippen LogP contribution in [0.4, 0.5) is 13.2 Å². The lowest BCUT2D eigenvalue weighted by Crippen LogP contribution is -2.18. The van der Waals surface area contributed by atoms with Crippen molar-refractivity contribution in [2.24, 2.45) is 0 Å². The van der Waals surface area contributed by atoms with Crippen LogP contribution in [0.1, 0.15) is 24.1 Å². The third-order valence-electron chi connectivity index (χ3n) is 2.86. The summed E-state index contributed by atoms with van der Waals surface area (Å²) >= 11 is 0. The molecule has 0 aliphatic heterocycles. The number of nitrogens with one attached hydrogen (secondary N) is 1. The van der Waals surface area contributed by atoms with Crippen LogP contribution in [0.15, 0.2) is 36.7 Å². The Morgan fingerprint density at radius 1 is 1.11 bits per heavy atom. The first-order valence-corrected chi connectivity index (χ1v) is 5.84. The molecule has 0 fully saturated rings. The highest BCUT2D eigenvalue weighted by Crippen LogP contribution is 2.15. The second-order valence-corrected chi connectivity index (χ2v) is 4.26. The van der Waals surface area contributed by atoms with Crippen molar-refractivity contribution in [3.05, 3.63) is 65.2 Å². The molecule has 0 bridgehead atoms. The van der Waals surface area contributed by atoms with Gasteiger partial charge in [-0.3, -0.25) is 4.98 Å². The summed E-state index contributed by atoms with van der Waals surface area (Å²) in [5, 5.41) is 3.11. The average Bonchev–Trinajstić information content (AvgIpc) is 2.43. The van der Waals surface area contributed by atoms with Gasteiger partial charge in [-0.05, 0) is 42.3 Å². The average molecular weight is 266 g/mol. The maximum Gasteiger partial charge on any atom is 0.194 e. The number of hydrogen-bond acceptors (Lipinski definition) is 2. The van der Waals surface area contributed by atoms with Crippen LogP contribution in [0, 0.1) is 17.5 Å². The maximum absolute atomic E-state index is 13.0. The van der Waals surface area contributed by atoms with Crippen LogP contribution in [0.3, 0.4) is 0 Å². The number of halogens is 3. The van der Waals surface area contributed by atoms with E-state index in [9.17, 15) is 13.2 Å². The van der Waals surface area contributed by atoms with Crippen molar-refractivity contribution in [1.82, 2.24) is 10.3 Å². The van der Waals surface area contributed by atoms with E-state index in [2.05, 4.69) is 10.3 Å². The van der Waals surface area contributed by atoms with Crippen LogP contribution in [-0.4, -0.2) is 4.98 Å². The summed E-state index contributed by atoms with van der Waals surface area (Å²) in [7, 11) is 0. The van der Waals surface area contributed by atoms with Crippen LogP contribution >= 0.6 is 0 Å². The fraction of sp³-hybridized carbons (Fsp3) is 0.214. The van der Waals surface area contributed by atoms with E-state index in [-0.39, 0.29) is 12.6 Å². The zero-order valence-electron chi connectivity index (χ0n) is 10.3. The second-order valence-electron chi connectivity index (χ2n) is 4.26. The minimum atomic E-state index is -1.44. The van der Waals surface area contributed by atoms with Gasteiger partial charge in [0.2, 0.25) is 0 Å². The molecule has 0 aliphatic rings. The Balaban J connectivity index is 2.03. The molecule has 1 atom stereocenters. The van der Waals surface area contributed by atoms with Gasteiger partial charge in [-0.15, -0.1) is 0 Å². The Kier molecular flexibility index (Phi) is 4.16. The van der Waals surface area contributed by atoms with Crippen molar-refractivity contribution < 1.29 is 13.2 Å². The fourth-order valence-electron chi connectivity index (χ4n) is 1.75. The van der Waals surface area contributed by atoms with E-state index >= 15 is 0 Å². The lowest BCUT2D eigenvalue weighted by Gasteiger charge is -2.14. The number of rotatable bonds is 4. The molecule has 5 heteroatoms. The Morgan fingerprint density at radius 3 is 2.26 bits per heavy atom. The minimum absolute atomic E-state index is 0.000763. The van der Waals surface area contributed by atoms with Crippen molar-refractivity contribution >= 4 is 0 Å². The number of aromatic nitrogens is 1. The summed E-state index contributed by atoms with van der Waals surface area (Å²) in [6, 6.07) is 5.68. The molecule has 2 rings (SSSR count). The van der Waals surface area contributed by atoms with Gasteiger partial charge in [0, 0.05) is 25.0 Å². The summed E-state index contributed by atoms with van der Waals surface area (Å²) in [4.78, 5) is 3.91. The van der Waals surface area contributed by atoms with E-state index in [1.54, 1.807) is 12.4 Å². The number of nitrogens with zero attached hydrogens (tertiary/aromatic N) is 1. The largest absolute Gasteiger partial charge is 0.306 e. The van der Waals surface area contributed by atoms with E-state index < -0.39 is 17.5 Å². The van der Waals surface area contributed by atoms with Gasteiger partial charge in [0.1, 0.15) is 0 Å². The third-order valence-corrected chi connectivity index (χ3v) is 2.86. The summed E-state index contributed by atoms with van der Waals surface area (Å²) in [6.45, 7) is 2.17. The highest BCUT2D eigenvalue weighted by Gasteiger charge is 2.11. The lowest BCUT2D eigenvalue weighted by atomic mass is 10.1. The molecule has 1 aromatic carbocycles. The second kappa shape index (κ2) is 5.84. The number of hydrogen-bond donors (Lipinski definition) is 1. The van der Waals surface area contributed by atoms with Crippen LogP contribution in [0.5, 0.6) is 0 Å². The molecular weight excluding hydrogens is 253 g/mol. The van der Waals surface area contributed by atoms with Crippen LogP contribution in [0.25, 0.3) is 0 Å². The van der Waals surface area contributed by atoms with Crippen molar-refractivity contribution in [3.8, 4) is 0 Å². The molecule has 0 unspecified atom stereocenters. The van der Waals surface area contributed by atoms with Gasteiger partial charge in [0.15, 0.2) is 17.5 Å². The molecule has 100 valence electrons. The molecule has 0 saturated heterocycles. The topological polar surface area (TPSA) is 24.9 Å². The molecule has 1 heterocycles. The SMILES string of the molecule is C[C@@H](NCc1cc(F)c(F)c(F)c1)c1ccncc1. The Labute approximate surface area is 109 Å². The first-order valence-electron chi connectivity index (χ1n) is 5.84. The van der Waals surface area contributed by atoms with E-state index in [4.69, 9.17) is 0 Å². The van der Waals surface area contributed by atoms with Crippen LogP contribution < -0.4 is 5.32 Å². The lowest BCUT2D eigenvalue weighted by molar-refractivity contribution is 0.443. The van der Waals surface area contributed by atoms with E-state index in [0.29, 0.717) is 5.56 Å². The molecule has 1 aromatic heterocycles. The third kappa shape index (κ3) is 3.32. The molecular formula is C14H13F3N2. The quantitative estimate of drug-likeness (QED) is 0.858. The Bertz CT molecular complexity index is 535. The standard InChI is InChI=1S/C14H13F3N2/c1-9(11-2-4-18-5-3-11)19-8-10-6-12(15)14(17)13(16)7-10/h2-7,9,19H,8H2,1H3/t9-/m1/s1. The molecule has 0 radical (unpaired) electrons. The highest BCUT2D eigenvalue weighted by molar-refractivity contribution is 5.20. The molecule has 2 aromatic rings. The predicted octanol–water partition coefficient (Wildman–Crippen LogP) is 3.35. The molecule has 2 nitrogen and oxygen atoms in total. The van der Waals surface area contributed by atoms with Crippen molar-refractivity contribution in [2.45, 2.75) is 19.5 Å². The molecule has 0 spiro atoms. The zero-order valence-corrected chi connectivity index (χ0v) is 10.3. The summed E-state index contributed by atoms with van der Waals surface area (Å²) in [6.07, 6.45) is 3.34. The van der Waals surface area contributed by atoms with Gasteiger partial charge in [-0.2, -0.15) is 0 Å². The summed E-state index contributed by atoms with van der Waals surface area (Å²) in [5.41, 5.74) is 1.37. The molecule has 0 amide bonds. The van der Waals surface area contributed by atoms with Gasteiger partial charge < -0.3 is 5.32 Å². The van der Waals surface area contributed by atoms with E-state index in [0.717, 1.165) is 17.7 Å². The summed E-state index contributed by atoms with van der Waals surface area (Å²) in [5.74, 6) is -3.78. The fourth-order valence-corrected chi connectivity index (χ4v) is 1.75. The van der Waals surface area contributed by atoms with Gasteiger partial charge in [0.25, 0.3) is 0 Å². The first kappa shape index (κ1) is 13.5. The van der Waals surface area contributed by atoms with Gasteiger partial charge in [-0.25, -0.2) is 13.2 Å². The van der Waals surface area contributed by atoms with Gasteiger partial charge in [-0.1, -0.05) is 0 Å². The van der Waals surface area contributed by atoms with Crippen molar-refractivity contribution in [1.29, 1.82) is 0 Å². The Morgan fingerprint density at radius 2 is 1.68 bits per heavy atom. The highest BCUT2D eigenvalue weighted by atomic mass is 19.2. The molecule has 0 saturated carbocycles. The maximum atomic E-state index is 13.0. The van der Waals surface area contributed by atoms with Gasteiger partial charge in [0.05, 0.1) is 0 Å². The summed E-state index contributed by atoms with van der Waals surface area (Å²) < 4.78 is 38.9. The number of pyridine rings is 1. The van der Waals surface area contributed by atoms with Crippen LogP contribution in [-0.2, 0) is 6.54 Å². The smallest absolute Gasteiger partial charge is 0.194 e. The van der Waals surface area contributed by atoms with Crippen molar-refractivity contribution in [3.63, 3.8) is 0 Å². The van der Waals surface area contributed by atoms with E-state index in [1.165, 1.54) is 0 Å². The molecule has 19 heavy (non-hydrogen) atoms. The number of benzene rings is 1. The van der Waals surface area contributed by atoms with Crippen LogP contribution in [0.2, 0.25) is 0 Å². The monoisotopic (exact) mass is 266 g/mol. The minimum Gasteiger partial charge on any atom is -0.306 e. The zero-order chi connectivity index (χ0) is 13.8. The van der Waals surface area contributed by atoms with Gasteiger partial charge >= 0.3 is 0 Å². The Hall–Kier alpha value is -1.88. The normalized spacial score (nSPS) is 12.4. The molecule has 1 N–H and O–H groups in total.